The molecule has 1 N–H and O–H groups in total. The summed E-state index contributed by atoms with van der Waals surface area (Å²) in [6.45, 7) is 0. The number of halogens is 4. The van der Waals surface area contributed by atoms with Gasteiger partial charge in [0.2, 0.25) is 0 Å². The van der Waals surface area contributed by atoms with E-state index in [0.717, 1.165) is 37.8 Å². The van der Waals surface area contributed by atoms with Gasteiger partial charge in [-0.25, -0.2) is 0 Å². The van der Waals surface area contributed by atoms with Crippen LogP contribution in [0.15, 0.2) is 24.3 Å². The summed E-state index contributed by atoms with van der Waals surface area (Å²) in [4.78, 5) is 12.2. The Labute approximate surface area is 123 Å². The van der Waals surface area contributed by atoms with E-state index < -0.39 is 17.6 Å². The number of alkyl halides is 4. The molecule has 2 unspecified atom stereocenters. The second-order valence-corrected chi connectivity index (χ2v) is 6.14. The van der Waals surface area contributed by atoms with Crippen LogP contribution in [0.1, 0.15) is 41.6 Å². The average Bonchev–Trinajstić information content (AvgIpc) is 2.40. The van der Waals surface area contributed by atoms with Crippen molar-refractivity contribution in [3.63, 3.8) is 0 Å². The summed E-state index contributed by atoms with van der Waals surface area (Å²) in [6.07, 6.45) is -0.491. The van der Waals surface area contributed by atoms with Crippen LogP contribution >= 0.6 is 15.9 Å². The van der Waals surface area contributed by atoms with Crippen LogP contribution in [0.3, 0.4) is 0 Å². The lowest BCUT2D eigenvalue weighted by Crippen LogP contribution is -2.42. The summed E-state index contributed by atoms with van der Waals surface area (Å²) in [7, 11) is 0. The van der Waals surface area contributed by atoms with Gasteiger partial charge < -0.3 is 5.32 Å². The minimum atomic E-state index is -4.43. The molecule has 0 spiro atoms. The number of carbonyl (C=O) groups is 1. The number of nitrogens with one attached hydrogen (secondary N) is 1. The Morgan fingerprint density at radius 3 is 2.60 bits per heavy atom. The molecule has 1 aromatic rings. The van der Waals surface area contributed by atoms with Crippen molar-refractivity contribution in [1.29, 1.82) is 0 Å². The topological polar surface area (TPSA) is 29.1 Å². The molecular formula is C14H15BrF3NO. The van der Waals surface area contributed by atoms with Crippen LogP contribution in [0.4, 0.5) is 13.2 Å². The van der Waals surface area contributed by atoms with Crippen molar-refractivity contribution in [3.05, 3.63) is 35.4 Å². The molecule has 0 saturated heterocycles. The van der Waals surface area contributed by atoms with Crippen molar-refractivity contribution in [2.24, 2.45) is 0 Å². The summed E-state index contributed by atoms with van der Waals surface area (Å²) in [5.41, 5.74) is -0.755. The summed E-state index contributed by atoms with van der Waals surface area (Å²) in [6, 6.07) is 4.48. The van der Waals surface area contributed by atoms with E-state index in [9.17, 15) is 18.0 Å². The van der Waals surface area contributed by atoms with Crippen molar-refractivity contribution in [2.75, 3.05) is 0 Å². The van der Waals surface area contributed by atoms with E-state index in [1.165, 1.54) is 12.1 Å². The Morgan fingerprint density at radius 2 is 1.95 bits per heavy atom. The molecule has 0 radical (unpaired) electrons. The predicted octanol–water partition coefficient (Wildman–Crippen LogP) is 4.14. The fourth-order valence-corrected chi connectivity index (χ4v) is 3.06. The van der Waals surface area contributed by atoms with Gasteiger partial charge in [0.15, 0.2) is 0 Å². The first-order valence-electron chi connectivity index (χ1n) is 6.50. The van der Waals surface area contributed by atoms with E-state index in [1.807, 2.05) is 0 Å². The fraction of sp³-hybridized carbons (Fsp3) is 0.500. The molecule has 2 atom stereocenters. The number of hydrogen-bond acceptors (Lipinski definition) is 1. The molecule has 1 saturated carbocycles. The highest BCUT2D eigenvalue weighted by Crippen LogP contribution is 2.30. The quantitative estimate of drug-likeness (QED) is 0.798. The number of rotatable bonds is 2. The molecule has 6 heteroatoms. The van der Waals surface area contributed by atoms with Gasteiger partial charge in [-0.2, -0.15) is 13.2 Å². The Kier molecular flexibility index (Phi) is 4.73. The summed E-state index contributed by atoms with van der Waals surface area (Å²) < 4.78 is 37.8. The fourth-order valence-electron chi connectivity index (χ4n) is 2.34. The zero-order valence-electron chi connectivity index (χ0n) is 10.7. The van der Waals surface area contributed by atoms with Crippen molar-refractivity contribution in [1.82, 2.24) is 5.32 Å². The van der Waals surface area contributed by atoms with E-state index in [-0.39, 0.29) is 16.4 Å². The highest BCUT2D eigenvalue weighted by molar-refractivity contribution is 9.09. The summed E-state index contributed by atoms with van der Waals surface area (Å²) in [5.74, 6) is -0.451. The number of carbonyl (C=O) groups excluding carboxylic acids is 1. The molecule has 0 bridgehead atoms. The first kappa shape index (κ1) is 15.4. The summed E-state index contributed by atoms with van der Waals surface area (Å²) >= 11 is 3.51. The predicted molar refractivity (Wildman–Crippen MR) is 73.9 cm³/mol. The normalized spacial score (nSPS) is 23.4. The van der Waals surface area contributed by atoms with Crippen LogP contribution in [0.25, 0.3) is 0 Å². The molecule has 1 aliphatic rings. The largest absolute Gasteiger partial charge is 0.416 e. The Morgan fingerprint density at radius 1 is 1.25 bits per heavy atom. The molecule has 20 heavy (non-hydrogen) atoms. The molecule has 1 aliphatic carbocycles. The lowest BCUT2D eigenvalue weighted by atomic mass is 9.95. The lowest BCUT2D eigenvalue weighted by Gasteiger charge is -2.28. The molecule has 2 rings (SSSR count). The van der Waals surface area contributed by atoms with Crippen LogP contribution in [0.2, 0.25) is 0 Å². The van der Waals surface area contributed by atoms with Gasteiger partial charge >= 0.3 is 6.18 Å². The first-order chi connectivity index (χ1) is 9.38. The minimum Gasteiger partial charge on any atom is -0.348 e. The Bertz CT molecular complexity index is 490. The maximum absolute atomic E-state index is 12.6. The molecule has 0 aromatic heterocycles. The molecule has 0 aliphatic heterocycles. The van der Waals surface area contributed by atoms with E-state index >= 15 is 0 Å². The third kappa shape index (κ3) is 3.75. The van der Waals surface area contributed by atoms with E-state index in [2.05, 4.69) is 21.2 Å². The zero-order valence-corrected chi connectivity index (χ0v) is 12.3. The molecule has 110 valence electrons. The van der Waals surface area contributed by atoms with Crippen molar-refractivity contribution < 1.29 is 18.0 Å². The SMILES string of the molecule is O=C(NC1CCCCC1Br)c1cccc(C(F)(F)F)c1. The Hall–Kier alpha value is -1.04. The average molecular weight is 350 g/mol. The zero-order chi connectivity index (χ0) is 14.8. The highest BCUT2D eigenvalue weighted by atomic mass is 79.9. The van der Waals surface area contributed by atoms with Gasteiger partial charge in [0.25, 0.3) is 5.91 Å². The second kappa shape index (κ2) is 6.16. The lowest BCUT2D eigenvalue weighted by molar-refractivity contribution is -0.137. The first-order valence-corrected chi connectivity index (χ1v) is 7.41. The van der Waals surface area contributed by atoms with Crippen molar-refractivity contribution >= 4 is 21.8 Å². The number of benzene rings is 1. The third-order valence-electron chi connectivity index (χ3n) is 3.45. The van der Waals surface area contributed by atoms with E-state index in [0.29, 0.717) is 0 Å². The molecule has 1 amide bonds. The molecular weight excluding hydrogens is 335 g/mol. The van der Waals surface area contributed by atoms with E-state index in [1.54, 1.807) is 0 Å². The van der Waals surface area contributed by atoms with Gasteiger partial charge in [0.1, 0.15) is 0 Å². The minimum absolute atomic E-state index is 0.0224. The molecule has 1 fully saturated rings. The van der Waals surface area contributed by atoms with Gasteiger partial charge in [-0.15, -0.1) is 0 Å². The maximum atomic E-state index is 12.6. The monoisotopic (exact) mass is 349 g/mol. The van der Waals surface area contributed by atoms with Crippen LogP contribution in [-0.4, -0.2) is 16.8 Å². The van der Waals surface area contributed by atoms with Gasteiger partial charge in [-0.1, -0.05) is 34.8 Å². The van der Waals surface area contributed by atoms with Crippen molar-refractivity contribution in [3.8, 4) is 0 Å². The van der Waals surface area contributed by atoms with Crippen LogP contribution < -0.4 is 5.32 Å². The summed E-state index contributed by atoms with van der Waals surface area (Å²) in [5, 5.41) is 2.81. The smallest absolute Gasteiger partial charge is 0.348 e. The number of hydrogen-bond donors (Lipinski definition) is 1. The van der Waals surface area contributed by atoms with Gasteiger partial charge in [0, 0.05) is 16.4 Å². The molecule has 1 aromatic carbocycles. The van der Waals surface area contributed by atoms with Gasteiger partial charge in [0.05, 0.1) is 5.56 Å². The maximum Gasteiger partial charge on any atom is 0.416 e. The standard InChI is InChI=1S/C14H15BrF3NO/c15-11-6-1-2-7-12(11)19-13(20)9-4-3-5-10(8-9)14(16,17)18/h3-5,8,11-12H,1-2,6-7H2,(H,19,20). The number of amides is 1. The molecule has 2 nitrogen and oxygen atoms in total. The molecule has 0 heterocycles. The Balaban J connectivity index is 2.09. The van der Waals surface area contributed by atoms with E-state index in [4.69, 9.17) is 0 Å². The van der Waals surface area contributed by atoms with Gasteiger partial charge in [-0.3, -0.25) is 4.79 Å². The van der Waals surface area contributed by atoms with Crippen molar-refractivity contribution in [2.45, 2.75) is 42.7 Å². The third-order valence-corrected chi connectivity index (χ3v) is 4.55. The van der Waals surface area contributed by atoms with Crippen LogP contribution in [0, 0.1) is 0 Å². The second-order valence-electron chi connectivity index (χ2n) is 4.96. The van der Waals surface area contributed by atoms with Gasteiger partial charge in [-0.05, 0) is 31.0 Å². The van der Waals surface area contributed by atoms with Crippen LogP contribution in [-0.2, 0) is 6.18 Å². The highest BCUT2D eigenvalue weighted by Gasteiger charge is 2.31. The van der Waals surface area contributed by atoms with Crippen LogP contribution in [0.5, 0.6) is 0 Å².